The van der Waals surface area contributed by atoms with E-state index in [-0.39, 0.29) is 0 Å². The lowest BCUT2D eigenvalue weighted by Crippen LogP contribution is -2.00. The van der Waals surface area contributed by atoms with Crippen molar-refractivity contribution in [1.29, 1.82) is 0 Å². The van der Waals surface area contributed by atoms with E-state index < -0.39 is 0 Å². The molecule has 0 bridgehead atoms. The first-order valence-electron chi connectivity index (χ1n) is 8.44. The summed E-state index contributed by atoms with van der Waals surface area (Å²) in [4.78, 5) is 4.64. The van der Waals surface area contributed by atoms with Crippen LogP contribution in [0.15, 0.2) is 54.0 Å². The van der Waals surface area contributed by atoms with Crippen molar-refractivity contribution in [2.45, 2.75) is 12.8 Å². The van der Waals surface area contributed by atoms with Gasteiger partial charge in [0, 0.05) is 22.5 Å². The van der Waals surface area contributed by atoms with Crippen molar-refractivity contribution in [2.24, 2.45) is 5.73 Å². The van der Waals surface area contributed by atoms with Gasteiger partial charge >= 0.3 is 0 Å². The predicted molar refractivity (Wildman–Crippen MR) is 106 cm³/mol. The number of benzene rings is 2. The van der Waals surface area contributed by atoms with Crippen LogP contribution in [0.5, 0.6) is 5.75 Å². The van der Waals surface area contributed by atoms with E-state index in [1.54, 1.807) is 18.4 Å². The molecule has 3 nitrogen and oxygen atoms in total. The van der Waals surface area contributed by atoms with Crippen molar-refractivity contribution >= 4 is 32.3 Å². The van der Waals surface area contributed by atoms with Crippen LogP contribution in [0.4, 0.5) is 0 Å². The highest BCUT2D eigenvalue weighted by atomic mass is 32.1. The zero-order valence-electron chi connectivity index (χ0n) is 14.2. The molecule has 0 fully saturated rings. The molecule has 0 saturated heterocycles. The molecule has 0 saturated carbocycles. The first-order chi connectivity index (χ1) is 12.3. The third kappa shape index (κ3) is 2.88. The van der Waals surface area contributed by atoms with Crippen LogP contribution in [0.1, 0.15) is 12.0 Å². The summed E-state index contributed by atoms with van der Waals surface area (Å²) in [5.41, 5.74) is 10.2. The van der Waals surface area contributed by atoms with Crippen molar-refractivity contribution in [1.82, 2.24) is 4.98 Å². The van der Waals surface area contributed by atoms with Gasteiger partial charge in [-0.15, -0.1) is 11.3 Å². The Morgan fingerprint density at radius 2 is 1.92 bits per heavy atom. The van der Waals surface area contributed by atoms with Gasteiger partial charge in [-0.1, -0.05) is 24.3 Å². The second-order valence-electron chi connectivity index (χ2n) is 6.08. The Morgan fingerprint density at radius 3 is 2.68 bits per heavy atom. The predicted octanol–water partition coefficient (Wildman–Crippen LogP) is 5.02. The van der Waals surface area contributed by atoms with Gasteiger partial charge in [-0.3, -0.25) is 4.98 Å². The maximum atomic E-state index is 5.69. The summed E-state index contributed by atoms with van der Waals surface area (Å²) in [6.07, 6.45) is 3.98. The first-order valence-corrected chi connectivity index (χ1v) is 9.32. The standard InChI is InChI=1S/C21H20N2OS/c1-24-18-9-8-17-21(16-10-12-25-19(16)13-23-17)20(18)15-6-4-14(5-7-15)3-2-11-22/h4-10,12-13H,2-3,11,22H2,1H3. The van der Waals surface area contributed by atoms with E-state index in [4.69, 9.17) is 10.5 Å². The topological polar surface area (TPSA) is 48.1 Å². The Morgan fingerprint density at radius 1 is 1.08 bits per heavy atom. The molecule has 0 amide bonds. The van der Waals surface area contributed by atoms with E-state index in [0.29, 0.717) is 0 Å². The highest BCUT2D eigenvalue weighted by Crippen LogP contribution is 2.40. The molecule has 0 spiro atoms. The zero-order chi connectivity index (χ0) is 17.2. The van der Waals surface area contributed by atoms with E-state index in [1.165, 1.54) is 15.6 Å². The van der Waals surface area contributed by atoms with Gasteiger partial charge < -0.3 is 10.5 Å². The summed E-state index contributed by atoms with van der Waals surface area (Å²) in [5.74, 6) is 0.878. The van der Waals surface area contributed by atoms with E-state index in [9.17, 15) is 0 Å². The molecule has 126 valence electrons. The van der Waals surface area contributed by atoms with Crippen LogP contribution in [-0.4, -0.2) is 18.6 Å². The molecule has 2 N–H and O–H groups in total. The highest BCUT2D eigenvalue weighted by Gasteiger charge is 2.15. The molecule has 0 radical (unpaired) electrons. The minimum absolute atomic E-state index is 0.723. The van der Waals surface area contributed by atoms with Gasteiger partial charge in [-0.2, -0.15) is 0 Å². The van der Waals surface area contributed by atoms with E-state index in [2.05, 4.69) is 40.7 Å². The summed E-state index contributed by atoms with van der Waals surface area (Å²) in [7, 11) is 1.72. The molecule has 0 aliphatic carbocycles. The third-order valence-corrected chi connectivity index (χ3v) is 5.41. The summed E-state index contributed by atoms with van der Waals surface area (Å²) in [5, 5.41) is 4.51. The number of hydrogen-bond donors (Lipinski definition) is 1. The third-order valence-electron chi connectivity index (χ3n) is 4.56. The second-order valence-corrected chi connectivity index (χ2v) is 7.03. The van der Waals surface area contributed by atoms with Gasteiger partial charge in [0.1, 0.15) is 5.75 Å². The van der Waals surface area contributed by atoms with Crippen molar-refractivity contribution in [3.8, 4) is 16.9 Å². The van der Waals surface area contributed by atoms with Crippen LogP contribution in [-0.2, 0) is 6.42 Å². The summed E-state index contributed by atoms with van der Waals surface area (Å²) >= 11 is 1.72. The largest absolute Gasteiger partial charge is 0.496 e. The molecule has 0 atom stereocenters. The molecular weight excluding hydrogens is 328 g/mol. The molecule has 0 aliphatic rings. The average Bonchev–Trinajstić information content (AvgIpc) is 3.15. The Labute approximate surface area is 151 Å². The van der Waals surface area contributed by atoms with Crippen LogP contribution in [0.25, 0.3) is 32.1 Å². The Balaban J connectivity index is 1.94. The smallest absolute Gasteiger partial charge is 0.127 e. The number of nitrogens with zero attached hydrogens (tertiary/aromatic N) is 1. The summed E-state index contributed by atoms with van der Waals surface area (Å²) in [6, 6.07) is 14.9. The number of aryl methyl sites for hydroxylation is 1. The first kappa shape index (κ1) is 16.1. The molecular formula is C21H20N2OS. The fourth-order valence-corrected chi connectivity index (χ4v) is 4.07. The molecule has 0 unspecified atom stereocenters. The zero-order valence-corrected chi connectivity index (χ0v) is 15.0. The SMILES string of the molecule is COc1ccc2ncc3sccc3c2c1-c1ccc(CCCN)cc1. The molecule has 2 aromatic heterocycles. The van der Waals surface area contributed by atoms with Crippen molar-refractivity contribution in [3.05, 3.63) is 59.6 Å². The normalized spacial score (nSPS) is 11.3. The van der Waals surface area contributed by atoms with Crippen LogP contribution in [0, 0.1) is 0 Å². The maximum absolute atomic E-state index is 5.69. The summed E-state index contributed by atoms with van der Waals surface area (Å²) < 4.78 is 6.88. The van der Waals surface area contributed by atoms with Gasteiger partial charge in [0.25, 0.3) is 0 Å². The molecule has 4 aromatic rings. The van der Waals surface area contributed by atoms with Crippen LogP contribution in [0.2, 0.25) is 0 Å². The molecule has 2 heterocycles. The quantitative estimate of drug-likeness (QED) is 0.551. The Hall–Kier alpha value is -2.43. The minimum Gasteiger partial charge on any atom is -0.496 e. The van der Waals surface area contributed by atoms with E-state index in [1.807, 2.05) is 18.3 Å². The van der Waals surface area contributed by atoms with Crippen molar-refractivity contribution in [3.63, 3.8) is 0 Å². The van der Waals surface area contributed by atoms with Gasteiger partial charge in [0.15, 0.2) is 0 Å². The van der Waals surface area contributed by atoms with Gasteiger partial charge in [-0.05, 0) is 54.1 Å². The number of fused-ring (bicyclic) bond motifs is 3. The second kappa shape index (κ2) is 6.82. The highest BCUT2D eigenvalue weighted by molar-refractivity contribution is 7.17. The van der Waals surface area contributed by atoms with Crippen molar-refractivity contribution < 1.29 is 4.74 Å². The average molecular weight is 348 g/mol. The molecule has 4 rings (SSSR count). The number of nitrogens with two attached hydrogens (primary N) is 1. The lowest BCUT2D eigenvalue weighted by atomic mass is 9.96. The maximum Gasteiger partial charge on any atom is 0.127 e. The monoisotopic (exact) mass is 348 g/mol. The van der Waals surface area contributed by atoms with Gasteiger partial charge in [-0.25, -0.2) is 0 Å². The van der Waals surface area contributed by atoms with E-state index >= 15 is 0 Å². The van der Waals surface area contributed by atoms with Crippen LogP contribution < -0.4 is 10.5 Å². The molecule has 2 aromatic carbocycles. The Bertz CT molecular complexity index is 1020. The van der Waals surface area contributed by atoms with Crippen LogP contribution in [0.3, 0.4) is 0 Å². The molecule has 25 heavy (non-hydrogen) atoms. The summed E-state index contributed by atoms with van der Waals surface area (Å²) in [6.45, 7) is 0.723. The number of pyridine rings is 1. The number of thiophene rings is 1. The van der Waals surface area contributed by atoms with Crippen molar-refractivity contribution in [2.75, 3.05) is 13.7 Å². The van der Waals surface area contributed by atoms with Gasteiger partial charge in [0.2, 0.25) is 0 Å². The van der Waals surface area contributed by atoms with E-state index in [0.717, 1.165) is 47.2 Å². The van der Waals surface area contributed by atoms with Gasteiger partial charge in [0.05, 0.1) is 17.3 Å². The lowest BCUT2D eigenvalue weighted by molar-refractivity contribution is 0.417. The number of ether oxygens (including phenoxy) is 1. The molecule has 0 aliphatic heterocycles. The fourth-order valence-electron chi connectivity index (χ4n) is 3.31. The Kier molecular flexibility index (Phi) is 4.38. The number of hydrogen-bond acceptors (Lipinski definition) is 4. The minimum atomic E-state index is 0.723. The van der Waals surface area contributed by atoms with Crippen LogP contribution >= 0.6 is 11.3 Å². The number of aromatic nitrogens is 1. The lowest BCUT2D eigenvalue weighted by Gasteiger charge is -2.13. The molecule has 4 heteroatoms. The number of rotatable bonds is 5. The number of methoxy groups -OCH3 is 1. The fraction of sp³-hybridized carbons (Fsp3) is 0.190.